The minimum Gasteiger partial charge on any atom is -0.364 e. The molecule has 6 heteroatoms. The molecular formula is C19H16ClN3OS. The van der Waals surface area contributed by atoms with Crippen LogP contribution in [0, 0.1) is 0 Å². The molecule has 0 bridgehead atoms. The lowest BCUT2D eigenvalue weighted by Gasteiger charge is -2.19. The minimum atomic E-state index is -0.171. The van der Waals surface area contributed by atoms with E-state index in [4.69, 9.17) is 16.3 Å². The summed E-state index contributed by atoms with van der Waals surface area (Å²) in [5, 5.41) is 1.67. The summed E-state index contributed by atoms with van der Waals surface area (Å²) in [6, 6.07) is 15.9. The highest BCUT2D eigenvalue weighted by Crippen LogP contribution is 2.29. The van der Waals surface area contributed by atoms with Crippen molar-refractivity contribution >= 4 is 33.2 Å². The Hall–Kier alpha value is -2.21. The minimum absolute atomic E-state index is 0.171. The van der Waals surface area contributed by atoms with Crippen molar-refractivity contribution in [1.29, 1.82) is 0 Å². The second-order valence-electron chi connectivity index (χ2n) is 5.66. The van der Waals surface area contributed by atoms with Gasteiger partial charge in [-0.05, 0) is 18.2 Å². The second kappa shape index (κ2) is 7.35. The van der Waals surface area contributed by atoms with E-state index in [1.807, 2.05) is 53.2 Å². The largest absolute Gasteiger partial charge is 0.364 e. The zero-order valence-corrected chi connectivity index (χ0v) is 15.0. The topological polar surface area (TPSA) is 39.9 Å². The lowest BCUT2D eigenvalue weighted by Crippen LogP contribution is -2.12. The van der Waals surface area contributed by atoms with E-state index in [9.17, 15) is 0 Å². The molecule has 0 saturated heterocycles. The van der Waals surface area contributed by atoms with Gasteiger partial charge in [0.05, 0.1) is 29.7 Å². The van der Waals surface area contributed by atoms with Crippen molar-refractivity contribution in [3.63, 3.8) is 0 Å². The number of imidazole rings is 1. The molecule has 4 rings (SSSR count). The molecule has 1 unspecified atom stereocenters. The van der Waals surface area contributed by atoms with Crippen LogP contribution >= 0.6 is 22.9 Å². The standard InChI is InChI=1S/C19H16ClN3OS/c20-15-6-2-1-5-14(15)17(11-23-10-9-21-13-23)24-12-19-22-16-7-3-4-8-18(16)25-19/h1-10,13,17H,11-12H2. The summed E-state index contributed by atoms with van der Waals surface area (Å²) in [6.45, 7) is 1.10. The number of ether oxygens (including phenoxy) is 1. The van der Waals surface area contributed by atoms with Crippen LogP contribution < -0.4 is 0 Å². The normalized spacial score (nSPS) is 12.5. The molecule has 0 radical (unpaired) electrons. The smallest absolute Gasteiger partial charge is 0.120 e. The number of nitrogens with zero attached hydrogens (tertiary/aromatic N) is 3. The molecule has 0 N–H and O–H groups in total. The van der Waals surface area contributed by atoms with Crippen LogP contribution in [0.15, 0.2) is 67.3 Å². The summed E-state index contributed by atoms with van der Waals surface area (Å²) in [5.41, 5.74) is 1.98. The first-order valence-electron chi connectivity index (χ1n) is 7.96. The molecule has 0 aliphatic rings. The highest BCUT2D eigenvalue weighted by molar-refractivity contribution is 7.18. The third-order valence-corrected chi connectivity index (χ3v) is 5.29. The molecule has 0 spiro atoms. The van der Waals surface area contributed by atoms with Crippen LogP contribution in [0.4, 0.5) is 0 Å². The Balaban J connectivity index is 1.56. The number of fused-ring (bicyclic) bond motifs is 1. The molecule has 2 aromatic heterocycles. The fourth-order valence-corrected chi connectivity index (χ4v) is 3.86. The number of thiazole rings is 1. The first kappa shape index (κ1) is 16.3. The summed E-state index contributed by atoms with van der Waals surface area (Å²) < 4.78 is 9.38. The van der Waals surface area contributed by atoms with Crippen molar-refractivity contribution in [1.82, 2.24) is 14.5 Å². The average molecular weight is 370 g/mol. The van der Waals surface area contributed by atoms with Gasteiger partial charge < -0.3 is 9.30 Å². The van der Waals surface area contributed by atoms with Gasteiger partial charge in [-0.1, -0.05) is 41.9 Å². The number of aromatic nitrogens is 3. The lowest BCUT2D eigenvalue weighted by molar-refractivity contribution is 0.0280. The van der Waals surface area contributed by atoms with Gasteiger partial charge in [0.25, 0.3) is 0 Å². The summed E-state index contributed by atoms with van der Waals surface area (Å²) in [5.74, 6) is 0. The highest BCUT2D eigenvalue weighted by atomic mass is 35.5. The van der Waals surface area contributed by atoms with E-state index in [-0.39, 0.29) is 6.10 Å². The first-order chi connectivity index (χ1) is 12.3. The van der Waals surface area contributed by atoms with E-state index in [1.54, 1.807) is 23.9 Å². The Morgan fingerprint density at radius 2 is 1.96 bits per heavy atom. The van der Waals surface area contributed by atoms with Crippen molar-refractivity contribution in [3.8, 4) is 0 Å². The molecule has 25 heavy (non-hydrogen) atoms. The second-order valence-corrected chi connectivity index (χ2v) is 7.18. The summed E-state index contributed by atoms with van der Waals surface area (Å²) >= 11 is 8.05. The van der Waals surface area contributed by atoms with Crippen molar-refractivity contribution in [2.75, 3.05) is 0 Å². The average Bonchev–Trinajstić information content (AvgIpc) is 3.28. The molecule has 126 valence electrons. The highest BCUT2D eigenvalue weighted by Gasteiger charge is 2.17. The lowest BCUT2D eigenvalue weighted by atomic mass is 10.1. The Morgan fingerprint density at radius 3 is 2.76 bits per heavy atom. The van der Waals surface area contributed by atoms with Gasteiger partial charge in [0.15, 0.2) is 0 Å². The molecular weight excluding hydrogens is 354 g/mol. The Kier molecular flexibility index (Phi) is 4.78. The van der Waals surface area contributed by atoms with Crippen LogP contribution in [0.3, 0.4) is 0 Å². The summed E-state index contributed by atoms with van der Waals surface area (Å²) in [7, 11) is 0. The van der Waals surface area contributed by atoms with E-state index >= 15 is 0 Å². The molecule has 2 heterocycles. The van der Waals surface area contributed by atoms with Crippen LogP contribution in [0.25, 0.3) is 10.2 Å². The van der Waals surface area contributed by atoms with Crippen LogP contribution in [0.2, 0.25) is 5.02 Å². The maximum absolute atomic E-state index is 6.39. The molecule has 0 aliphatic carbocycles. The van der Waals surface area contributed by atoms with Crippen molar-refractivity contribution in [3.05, 3.63) is 82.8 Å². The molecule has 0 fully saturated rings. The maximum atomic E-state index is 6.39. The van der Waals surface area contributed by atoms with Gasteiger partial charge in [-0.15, -0.1) is 11.3 Å². The number of halogens is 1. The van der Waals surface area contributed by atoms with E-state index in [0.29, 0.717) is 18.2 Å². The number of para-hydroxylation sites is 1. The predicted molar refractivity (Wildman–Crippen MR) is 101 cm³/mol. The third-order valence-electron chi connectivity index (χ3n) is 3.93. The van der Waals surface area contributed by atoms with Crippen LogP contribution in [0.5, 0.6) is 0 Å². The first-order valence-corrected chi connectivity index (χ1v) is 9.15. The molecule has 0 saturated carbocycles. The van der Waals surface area contributed by atoms with Crippen LogP contribution in [-0.2, 0) is 17.9 Å². The zero-order chi connectivity index (χ0) is 17.1. The van der Waals surface area contributed by atoms with Crippen molar-refractivity contribution in [2.45, 2.75) is 19.3 Å². The quantitative estimate of drug-likeness (QED) is 0.474. The maximum Gasteiger partial charge on any atom is 0.120 e. The van der Waals surface area contributed by atoms with E-state index < -0.39 is 0 Å². The molecule has 4 nitrogen and oxygen atoms in total. The fourth-order valence-electron chi connectivity index (χ4n) is 2.72. The van der Waals surface area contributed by atoms with Gasteiger partial charge in [-0.3, -0.25) is 0 Å². The van der Waals surface area contributed by atoms with Gasteiger partial charge in [-0.25, -0.2) is 9.97 Å². The zero-order valence-electron chi connectivity index (χ0n) is 13.4. The van der Waals surface area contributed by atoms with Crippen molar-refractivity contribution < 1.29 is 4.74 Å². The number of hydrogen-bond donors (Lipinski definition) is 0. The van der Waals surface area contributed by atoms with Crippen LogP contribution in [-0.4, -0.2) is 14.5 Å². The number of rotatable bonds is 6. The molecule has 2 aromatic carbocycles. The van der Waals surface area contributed by atoms with Gasteiger partial charge in [0.2, 0.25) is 0 Å². The van der Waals surface area contributed by atoms with Crippen molar-refractivity contribution in [2.24, 2.45) is 0 Å². The fraction of sp³-hybridized carbons (Fsp3) is 0.158. The Bertz CT molecular complexity index is 935. The summed E-state index contributed by atoms with van der Waals surface area (Å²) in [6.07, 6.45) is 5.29. The van der Waals surface area contributed by atoms with Gasteiger partial charge >= 0.3 is 0 Å². The summed E-state index contributed by atoms with van der Waals surface area (Å²) in [4.78, 5) is 8.74. The van der Waals surface area contributed by atoms with Crippen LogP contribution in [0.1, 0.15) is 16.7 Å². The van der Waals surface area contributed by atoms with Gasteiger partial charge in [-0.2, -0.15) is 0 Å². The number of benzene rings is 2. The molecule has 4 aromatic rings. The van der Waals surface area contributed by atoms with E-state index in [2.05, 4.69) is 16.0 Å². The Labute approximate surface area is 154 Å². The monoisotopic (exact) mass is 369 g/mol. The SMILES string of the molecule is Clc1ccccc1C(Cn1ccnc1)OCc1nc2ccccc2s1. The number of hydrogen-bond acceptors (Lipinski definition) is 4. The van der Waals surface area contributed by atoms with E-state index in [1.165, 1.54) is 4.70 Å². The predicted octanol–water partition coefficient (Wildman–Crippen LogP) is 5.10. The molecule has 0 amide bonds. The van der Waals surface area contributed by atoms with Gasteiger partial charge in [0, 0.05) is 23.0 Å². The molecule has 0 aliphatic heterocycles. The molecule has 1 atom stereocenters. The third kappa shape index (κ3) is 3.74. The Morgan fingerprint density at radius 1 is 1.12 bits per heavy atom. The van der Waals surface area contributed by atoms with E-state index in [0.717, 1.165) is 16.1 Å². The van der Waals surface area contributed by atoms with Gasteiger partial charge in [0.1, 0.15) is 11.1 Å².